The fraction of sp³-hybridized carbons (Fsp3) is 0.105. The summed E-state index contributed by atoms with van der Waals surface area (Å²) in [5.41, 5.74) is -0.821. The molecule has 2 aromatic carbocycles. The molecule has 12 heteroatoms. The standard InChI is InChI=1S/C19H13N3O9/c23-14(24)9-20-16(10-1-5-12(6-2-10)21(28)29)15(18(26)19(20)27)17(25)11-3-7-13(8-4-11)22(30)31/h1-8,16,25H,9H2,(H,23,24). The Bertz CT molecular complexity index is 1140. The molecule has 158 valence electrons. The first-order chi connectivity index (χ1) is 14.6. The minimum Gasteiger partial charge on any atom is -0.507 e. The van der Waals surface area contributed by atoms with E-state index >= 15 is 0 Å². The van der Waals surface area contributed by atoms with Crippen LogP contribution in [-0.2, 0) is 14.4 Å². The van der Waals surface area contributed by atoms with Crippen molar-refractivity contribution in [1.82, 2.24) is 4.90 Å². The van der Waals surface area contributed by atoms with E-state index < -0.39 is 51.4 Å². The van der Waals surface area contributed by atoms with Gasteiger partial charge in [-0.3, -0.25) is 34.6 Å². The summed E-state index contributed by atoms with van der Waals surface area (Å²) in [5.74, 6) is -4.40. The van der Waals surface area contributed by atoms with Crippen LogP contribution in [0.25, 0.3) is 5.76 Å². The molecule has 3 rings (SSSR count). The molecule has 12 nitrogen and oxygen atoms in total. The van der Waals surface area contributed by atoms with Gasteiger partial charge in [0.05, 0.1) is 21.5 Å². The maximum atomic E-state index is 12.6. The highest BCUT2D eigenvalue weighted by Crippen LogP contribution is 2.39. The second-order valence-corrected chi connectivity index (χ2v) is 6.47. The van der Waals surface area contributed by atoms with E-state index in [2.05, 4.69) is 0 Å². The first-order valence-corrected chi connectivity index (χ1v) is 8.61. The average Bonchev–Trinajstić information content (AvgIpc) is 2.97. The van der Waals surface area contributed by atoms with Gasteiger partial charge in [0.25, 0.3) is 23.1 Å². The lowest BCUT2D eigenvalue weighted by Gasteiger charge is -2.23. The molecule has 1 atom stereocenters. The molecule has 1 aliphatic rings. The van der Waals surface area contributed by atoms with Crippen molar-refractivity contribution in [2.75, 3.05) is 6.54 Å². The fourth-order valence-electron chi connectivity index (χ4n) is 3.21. The maximum Gasteiger partial charge on any atom is 0.323 e. The summed E-state index contributed by atoms with van der Waals surface area (Å²) >= 11 is 0. The monoisotopic (exact) mass is 427 g/mol. The van der Waals surface area contributed by atoms with E-state index in [1.165, 1.54) is 24.3 Å². The number of aliphatic carboxylic acids is 1. The van der Waals surface area contributed by atoms with Gasteiger partial charge >= 0.3 is 5.97 Å². The van der Waals surface area contributed by atoms with Crippen molar-refractivity contribution in [3.8, 4) is 0 Å². The number of Topliss-reactive ketones (excluding diaryl/α,β-unsaturated/α-hetero) is 1. The Hall–Kier alpha value is -4.61. The number of carboxylic acids is 1. The van der Waals surface area contributed by atoms with E-state index in [1.807, 2.05) is 0 Å². The molecule has 0 bridgehead atoms. The molecule has 1 aliphatic heterocycles. The summed E-state index contributed by atoms with van der Waals surface area (Å²) in [4.78, 5) is 57.4. The molecule has 2 N–H and O–H groups in total. The fourth-order valence-corrected chi connectivity index (χ4v) is 3.21. The van der Waals surface area contributed by atoms with E-state index in [0.29, 0.717) is 0 Å². The normalized spacial score (nSPS) is 17.5. The van der Waals surface area contributed by atoms with E-state index in [-0.39, 0.29) is 22.5 Å². The van der Waals surface area contributed by atoms with E-state index in [1.54, 1.807) is 0 Å². The molecule has 1 fully saturated rings. The van der Waals surface area contributed by atoms with Crippen LogP contribution in [-0.4, -0.2) is 49.2 Å². The number of carbonyl (C=O) groups is 3. The number of non-ortho nitro benzene ring substituents is 2. The van der Waals surface area contributed by atoms with Crippen LogP contribution in [0.4, 0.5) is 11.4 Å². The van der Waals surface area contributed by atoms with Gasteiger partial charge in [-0.1, -0.05) is 0 Å². The molecule has 0 aliphatic carbocycles. The highest BCUT2D eigenvalue weighted by atomic mass is 16.6. The number of nitro groups is 2. The number of aliphatic hydroxyl groups is 1. The number of rotatable bonds is 6. The summed E-state index contributed by atoms with van der Waals surface area (Å²) in [6, 6.07) is 7.90. The van der Waals surface area contributed by atoms with Crippen molar-refractivity contribution in [2.45, 2.75) is 6.04 Å². The number of carboxylic acid groups (broad SMARTS) is 1. The number of hydrogen-bond donors (Lipinski definition) is 2. The van der Waals surface area contributed by atoms with Crippen LogP contribution < -0.4 is 0 Å². The second kappa shape index (κ2) is 8.02. The van der Waals surface area contributed by atoms with Crippen molar-refractivity contribution in [2.24, 2.45) is 0 Å². The molecule has 1 amide bonds. The van der Waals surface area contributed by atoms with Gasteiger partial charge in [0, 0.05) is 29.8 Å². The van der Waals surface area contributed by atoms with E-state index in [4.69, 9.17) is 5.11 Å². The number of hydrogen-bond acceptors (Lipinski definition) is 8. The van der Waals surface area contributed by atoms with Gasteiger partial charge < -0.3 is 15.1 Å². The quantitative estimate of drug-likeness (QED) is 0.229. The minimum atomic E-state index is -1.41. The molecule has 1 heterocycles. The van der Waals surface area contributed by atoms with Gasteiger partial charge in [0.1, 0.15) is 12.3 Å². The van der Waals surface area contributed by atoms with Crippen LogP contribution in [0, 0.1) is 20.2 Å². The lowest BCUT2D eigenvalue weighted by molar-refractivity contribution is -0.385. The van der Waals surface area contributed by atoms with Crippen molar-refractivity contribution in [1.29, 1.82) is 0 Å². The molecular weight excluding hydrogens is 414 g/mol. The Morgan fingerprint density at radius 2 is 1.39 bits per heavy atom. The number of benzene rings is 2. The summed E-state index contributed by atoms with van der Waals surface area (Å²) in [5, 5.41) is 41.6. The summed E-state index contributed by atoms with van der Waals surface area (Å²) in [6.45, 7) is -0.858. The number of carbonyl (C=O) groups excluding carboxylic acids is 2. The number of ketones is 1. The zero-order valence-corrected chi connectivity index (χ0v) is 15.5. The number of amides is 1. The Morgan fingerprint density at radius 1 is 0.903 bits per heavy atom. The third kappa shape index (κ3) is 3.94. The molecular formula is C19H13N3O9. The zero-order valence-electron chi connectivity index (χ0n) is 15.5. The molecule has 1 saturated heterocycles. The Morgan fingerprint density at radius 3 is 1.84 bits per heavy atom. The first kappa shape index (κ1) is 21.1. The molecule has 0 aromatic heterocycles. The van der Waals surface area contributed by atoms with Crippen LogP contribution in [0.15, 0.2) is 54.1 Å². The summed E-state index contributed by atoms with van der Waals surface area (Å²) in [7, 11) is 0. The lowest BCUT2D eigenvalue weighted by Crippen LogP contribution is -2.34. The minimum absolute atomic E-state index is 0.00848. The maximum absolute atomic E-state index is 12.6. The van der Waals surface area contributed by atoms with Crippen LogP contribution in [0.2, 0.25) is 0 Å². The number of aliphatic hydroxyl groups excluding tert-OH is 1. The summed E-state index contributed by atoms with van der Waals surface area (Å²) < 4.78 is 0. The predicted octanol–water partition coefficient (Wildman–Crippen LogP) is 2.01. The van der Waals surface area contributed by atoms with E-state index in [9.17, 15) is 39.7 Å². The van der Waals surface area contributed by atoms with Gasteiger partial charge in [-0.25, -0.2) is 0 Å². The SMILES string of the molecule is O=C(O)CN1C(=O)C(=O)C(=C(O)c2ccc([N+](=O)[O-])cc2)C1c1ccc([N+](=O)[O-])cc1. The molecule has 2 aromatic rings. The van der Waals surface area contributed by atoms with Gasteiger partial charge in [-0.15, -0.1) is 0 Å². The zero-order chi connectivity index (χ0) is 22.9. The smallest absolute Gasteiger partial charge is 0.323 e. The number of nitrogens with zero attached hydrogens (tertiary/aromatic N) is 3. The van der Waals surface area contributed by atoms with Crippen molar-refractivity contribution in [3.63, 3.8) is 0 Å². The third-order valence-corrected chi connectivity index (χ3v) is 4.62. The van der Waals surface area contributed by atoms with Crippen LogP contribution in [0.1, 0.15) is 17.2 Å². The Balaban J connectivity index is 2.16. The van der Waals surface area contributed by atoms with Crippen LogP contribution in [0.3, 0.4) is 0 Å². The Labute approximate surface area is 172 Å². The van der Waals surface area contributed by atoms with Gasteiger partial charge in [-0.05, 0) is 29.8 Å². The van der Waals surface area contributed by atoms with Crippen molar-refractivity contribution in [3.05, 3.63) is 85.5 Å². The van der Waals surface area contributed by atoms with Crippen LogP contribution in [0.5, 0.6) is 0 Å². The number of likely N-dealkylation sites (tertiary alicyclic amines) is 1. The first-order valence-electron chi connectivity index (χ1n) is 8.61. The van der Waals surface area contributed by atoms with Gasteiger partial charge in [0.15, 0.2) is 0 Å². The molecule has 31 heavy (non-hydrogen) atoms. The second-order valence-electron chi connectivity index (χ2n) is 6.47. The number of nitro benzene ring substituents is 2. The van der Waals surface area contributed by atoms with Crippen LogP contribution >= 0.6 is 0 Å². The molecule has 1 unspecified atom stereocenters. The summed E-state index contributed by atoms with van der Waals surface area (Å²) in [6.07, 6.45) is 0. The highest BCUT2D eigenvalue weighted by Gasteiger charge is 2.46. The lowest BCUT2D eigenvalue weighted by atomic mass is 9.95. The average molecular weight is 427 g/mol. The Kier molecular flexibility index (Phi) is 5.46. The molecule has 0 radical (unpaired) electrons. The molecule has 0 saturated carbocycles. The predicted molar refractivity (Wildman–Crippen MR) is 103 cm³/mol. The largest absolute Gasteiger partial charge is 0.507 e. The van der Waals surface area contributed by atoms with Gasteiger partial charge in [0.2, 0.25) is 0 Å². The van der Waals surface area contributed by atoms with E-state index in [0.717, 1.165) is 29.2 Å². The third-order valence-electron chi connectivity index (χ3n) is 4.62. The van der Waals surface area contributed by atoms with Crippen molar-refractivity contribution < 1.29 is 34.4 Å². The van der Waals surface area contributed by atoms with Crippen molar-refractivity contribution >= 4 is 34.8 Å². The topological polar surface area (TPSA) is 181 Å². The molecule has 0 spiro atoms. The highest BCUT2D eigenvalue weighted by molar-refractivity contribution is 6.46. The van der Waals surface area contributed by atoms with Gasteiger partial charge in [-0.2, -0.15) is 0 Å².